The summed E-state index contributed by atoms with van der Waals surface area (Å²) in [5.74, 6) is 0. The van der Waals surface area contributed by atoms with Gasteiger partial charge in [-0.1, -0.05) is 6.07 Å². The van der Waals surface area contributed by atoms with Crippen molar-refractivity contribution in [1.82, 2.24) is 9.97 Å². The van der Waals surface area contributed by atoms with Gasteiger partial charge in [0, 0.05) is 11.6 Å². The molecule has 0 aliphatic heterocycles. The van der Waals surface area contributed by atoms with E-state index in [4.69, 9.17) is 11.5 Å². The van der Waals surface area contributed by atoms with Gasteiger partial charge in [0.2, 0.25) is 0 Å². The molecule has 0 saturated heterocycles. The lowest BCUT2D eigenvalue weighted by atomic mass is 9.94. The van der Waals surface area contributed by atoms with Crippen LogP contribution in [-0.4, -0.2) is 15.5 Å². The van der Waals surface area contributed by atoms with Crippen LogP contribution in [0.2, 0.25) is 0 Å². The van der Waals surface area contributed by atoms with Crippen molar-refractivity contribution in [3.8, 4) is 0 Å². The average molecular weight is 232 g/mol. The third-order valence-electron chi connectivity index (χ3n) is 2.97. The molecule has 0 fully saturated rings. The van der Waals surface area contributed by atoms with Crippen LogP contribution in [0.1, 0.15) is 38.3 Å². The number of aromatic nitrogens is 2. The van der Waals surface area contributed by atoms with Crippen molar-refractivity contribution in [3.05, 3.63) is 30.1 Å². The van der Waals surface area contributed by atoms with Crippen LogP contribution >= 0.6 is 0 Å². The molecule has 92 valence electrons. The van der Waals surface area contributed by atoms with Crippen molar-refractivity contribution >= 4 is 11.0 Å². The first-order chi connectivity index (χ1) is 7.96. The SMILES string of the molecule is CC(C)(N)CCC(N)c1ccc2nc[nH]c2c1. The highest BCUT2D eigenvalue weighted by atomic mass is 14.9. The normalized spacial score (nSPS) is 14.1. The van der Waals surface area contributed by atoms with Crippen LogP contribution < -0.4 is 11.5 Å². The molecule has 1 aromatic carbocycles. The zero-order chi connectivity index (χ0) is 12.5. The summed E-state index contributed by atoms with van der Waals surface area (Å²) in [5, 5.41) is 0. The Morgan fingerprint density at radius 2 is 2.18 bits per heavy atom. The average Bonchev–Trinajstić information content (AvgIpc) is 2.71. The van der Waals surface area contributed by atoms with Crippen LogP contribution in [0.25, 0.3) is 11.0 Å². The molecule has 2 rings (SSSR count). The number of H-pyrrole nitrogens is 1. The Labute approximate surface area is 101 Å². The summed E-state index contributed by atoms with van der Waals surface area (Å²) >= 11 is 0. The molecule has 2 aromatic rings. The van der Waals surface area contributed by atoms with Gasteiger partial charge in [-0.15, -0.1) is 0 Å². The van der Waals surface area contributed by atoms with Gasteiger partial charge in [-0.25, -0.2) is 4.98 Å². The predicted molar refractivity (Wildman–Crippen MR) is 70.5 cm³/mol. The van der Waals surface area contributed by atoms with Crippen LogP contribution in [0.5, 0.6) is 0 Å². The summed E-state index contributed by atoms with van der Waals surface area (Å²) in [7, 11) is 0. The standard InChI is InChI=1S/C13H20N4/c1-13(2,15)6-5-10(14)9-3-4-11-12(7-9)17-8-16-11/h3-4,7-8,10H,5-6,14-15H2,1-2H3,(H,16,17). The number of nitrogens with one attached hydrogen (secondary N) is 1. The van der Waals surface area contributed by atoms with Gasteiger partial charge in [-0.3, -0.25) is 0 Å². The highest BCUT2D eigenvalue weighted by Gasteiger charge is 2.14. The molecule has 5 N–H and O–H groups in total. The molecule has 4 heteroatoms. The van der Waals surface area contributed by atoms with Gasteiger partial charge in [0.05, 0.1) is 17.4 Å². The molecule has 0 radical (unpaired) electrons. The maximum Gasteiger partial charge on any atom is 0.0931 e. The number of hydrogen-bond acceptors (Lipinski definition) is 3. The van der Waals surface area contributed by atoms with Gasteiger partial charge in [0.1, 0.15) is 0 Å². The van der Waals surface area contributed by atoms with Gasteiger partial charge in [-0.05, 0) is 44.4 Å². The zero-order valence-electron chi connectivity index (χ0n) is 10.4. The Balaban J connectivity index is 2.10. The number of aromatic amines is 1. The molecule has 1 aromatic heterocycles. The molecule has 0 bridgehead atoms. The van der Waals surface area contributed by atoms with Crippen molar-refractivity contribution < 1.29 is 0 Å². The number of imidazole rings is 1. The van der Waals surface area contributed by atoms with Gasteiger partial charge < -0.3 is 16.5 Å². The molecule has 1 unspecified atom stereocenters. The highest BCUT2D eigenvalue weighted by molar-refractivity contribution is 5.75. The summed E-state index contributed by atoms with van der Waals surface area (Å²) in [4.78, 5) is 7.28. The second kappa shape index (κ2) is 4.47. The molecular weight excluding hydrogens is 212 g/mol. The summed E-state index contributed by atoms with van der Waals surface area (Å²) in [6.07, 6.45) is 3.50. The number of fused-ring (bicyclic) bond motifs is 1. The van der Waals surface area contributed by atoms with Crippen molar-refractivity contribution in [1.29, 1.82) is 0 Å². The van der Waals surface area contributed by atoms with E-state index < -0.39 is 0 Å². The van der Waals surface area contributed by atoms with E-state index in [1.807, 2.05) is 26.0 Å². The lowest BCUT2D eigenvalue weighted by Crippen LogP contribution is -2.32. The predicted octanol–water partition coefficient (Wildman–Crippen LogP) is 2.08. The van der Waals surface area contributed by atoms with E-state index in [-0.39, 0.29) is 11.6 Å². The van der Waals surface area contributed by atoms with Crippen LogP contribution in [0.3, 0.4) is 0 Å². The minimum absolute atomic E-state index is 0.0329. The molecule has 1 heterocycles. The first kappa shape index (κ1) is 12.1. The number of nitrogens with two attached hydrogens (primary N) is 2. The van der Waals surface area contributed by atoms with E-state index in [0.717, 1.165) is 29.4 Å². The number of benzene rings is 1. The smallest absolute Gasteiger partial charge is 0.0931 e. The van der Waals surface area contributed by atoms with Gasteiger partial charge in [0.25, 0.3) is 0 Å². The minimum atomic E-state index is -0.157. The van der Waals surface area contributed by atoms with Crippen LogP contribution in [0.4, 0.5) is 0 Å². The van der Waals surface area contributed by atoms with Crippen LogP contribution in [0.15, 0.2) is 24.5 Å². The summed E-state index contributed by atoms with van der Waals surface area (Å²) in [5.41, 5.74) is 15.1. The first-order valence-electron chi connectivity index (χ1n) is 5.93. The van der Waals surface area contributed by atoms with E-state index in [1.54, 1.807) is 6.33 Å². The molecular formula is C13H20N4. The van der Waals surface area contributed by atoms with Crippen molar-refractivity contribution in [2.45, 2.75) is 38.3 Å². The summed E-state index contributed by atoms with van der Waals surface area (Å²) in [6, 6.07) is 6.13. The van der Waals surface area contributed by atoms with Crippen LogP contribution in [0, 0.1) is 0 Å². The van der Waals surface area contributed by atoms with Crippen LogP contribution in [-0.2, 0) is 0 Å². The van der Waals surface area contributed by atoms with Gasteiger partial charge in [-0.2, -0.15) is 0 Å². The van der Waals surface area contributed by atoms with E-state index in [1.165, 1.54) is 0 Å². The monoisotopic (exact) mass is 232 g/mol. The van der Waals surface area contributed by atoms with E-state index in [9.17, 15) is 0 Å². The third-order valence-corrected chi connectivity index (χ3v) is 2.97. The molecule has 0 spiro atoms. The lowest BCUT2D eigenvalue weighted by molar-refractivity contribution is 0.433. The highest BCUT2D eigenvalue weighted by Crippen LogP contribution is 2.22. The molecule has 17 heavy (non-hydrogen) atoms. The number of hydrogen-bond donors (Lipinski definition) is 3. The fourth-order valence-corrected chi connectivity index (χ4v) is 1.88. The molecule has 4 nitrogen and oxygen atoms in total. The topological polar surface area (TPSA) is 80.7 Å². The fourth-order valence-electron chi connectivity index (χ4n) is 1.88. The molecule has 0 saturated carbocycles. The van der Waals surface area contributed by atoms with Crippen molar-refractivity contribution in [2.24, 2.45) is 11.5 Å². The van der Waals surface area contributed by atoms with Gasteiger partial charge in [0.15, 0.2) is 0 Å². The maximum absolute atomic E-state index is 6.17. The Kier molecular flexibility index (Phi) is 3.17. The van der Waals surface area contributed by atoms with Gasteiger partial charge >= 0.3 is 0 Å². The maximum atomic E-state index is 6.17. The van der Waals surface area contributed by atoms with Crippen molar-refractivity contribution in [3.63, 3.8) is 0 Å². The first-order valence-corrected chi connectivity index (χ1v) is 5.93. The second-order valence-corrected chi connectivity index (χ2v) is 5.31. The molecule has 0 aliphatic rings. The van der Waals surface area contributed by atoms with E-state index in [0.29, 0.717) is 0 Å². The van der Waals surface area contributed by atoms with E-state index in [2.05, 4.69) is 16.0 Å². The Bertz CT molecular complexity index is 495. The second-order valence-electron chi connectivity index (χ2n) is 5.31. The fraction of sp³-hybridized carbons (Fsp3) is 0.462. The van der Waals surface area contributed by atoms with E-state index >= 15 is 0 Å². The lowest BCUT2D eigenvalue weighted by Gasteiger charge is -2.21. The largest absolute Gasteiger partial charge is 0.345 e. The number of nitrogens with zero attached hydrogens (tertiary/aromatic N) is 1. The Hall–Kier alpha value is -1.39. The molecule has 0 amide bonds. The zero-order valence-corrected chi connectivity index (χ0v) is 10.4. The number of rotatable bonds is 4. The van der Waals surface area contributed by atoms with Crippen molar-refractivity contribution in [2.75, 3.05) is 0 Å². The quantitative estimate of drug-likeness (QED) is 0.755. The molecule has 0 aliphatic carbocycles. The Morgan fingerprint density at radius 1 is 1.41 bits per heavy atom. The summed E-state index contributed by atoms with van der Waals surface area (Å²) < 4.78 is 0. The minimum Gasteiger partial charge on any atom is -0.345 e. The Morgan fingerprint density at radius 3 is 2.88 bits per heavy atom. The third kappa shape index (κ3) is 3.05. The summed E-state index contributed by atoms with van der Waals surface area (Å²) in [6.45, 7) is 4.05. The molecule has 1 atom stereocenters.